The fourth-order valence-corrected chi connectivity index (χ4v) is 1.88. The van der Waals surface area contributed by atoms with Crippen molar-refractivity contribution in [3.63, 3.8) is 0 Å². The van der Waals surface area contributed by atoms with Crippen molar-refractivity contribution in [1.29, 1.82) is 0 Å². The van der Waals surface area contributed by atoms with Crippen molar-refractivity contribution in [1.82, 2.24) is 10.6 Å². The molecule has 0 fully saturated rings. The van der Waals surface area contributed by atoms with E-state index in [0.717, 1.165) is 17.5 Å². The van der Waals surface area contributed by atoms with E-state index in [2.05, 4.69) is 10.6 Å². The van der Waals surface area contributed by atoms with Crippen LogP contribution in [0.2, 0.25) is 0 Å². The fourth-order valence-electron chi connectivity index (χ4n) is 1.88. The second-order valence-corrected chi connectivity index (χ2v) is 7.67. The number of hydrogen-bond donors (Lipinski definition) is 2. The third kappa shape index (κ3) is 6.05. The summed E-state index contributed by atoms with van der Waals surface area (Å²) in [6.07, 6.45) is 0.803. The summed E-state index contributed by atoms with van der Waals surface area (Å²) in [5, 5.41) is 5.92. The maximum Gasteiger partial charge on any atom is 0.225 e. The van der Waals surface area contributed by atoms with Crippen LogP contribution in [-0.4, -0.2) is 11.8 Å². The first-order valence-electron chi connectivity index (χ1n) is 8.20. The zero-order chi connectivity index (χ0) is 17.7. The molecule has 0 atom stereocenters. The van der Waals surface area contributed by atoms with Gasteiger partial charge in [-0.2, -0.15) is 0 Å². The summed E-state index contributed by atoms with van der Waals surface area (Å²) < 4.78 is 0. The Morgan fingerprint density at radius 3 is 1.83 bits per heavy atom. The van der Waals surface area contributed by atoms with Gasteiger partial charge in [0, 0.05) is 23.9 Å². The average molecular weight is 318 g/mol. The lowest BCUT2D eigenvalue weighted by Gasteiger charge is -2.21. The Kier molecular flexibility index (Phi) is 6.37. The molecule has 2 N–H and O–H groups in total. The van der Waals surface area contributed by atoms with Crippen LogP contribution in [0.4, 0.5) is 0 Å². The van der Waals surface area contributed by atoms with Crippen LogP contribution in [0.25, 0.3) is 0 Å². The van der Waals surface area contributed by atoms with Gasteiger partial charge in [-0.05, 0) is 17.5 Å². The highest BCUT2D eigenvalue weighted by Gasteiger charge is 2.24. The third-order valence-electron chi connectivity index (χ3n) is 4.08. The largest absolute Gasteiger partial charge is 0.352 e. The van der Waals surface area contributed by atoms with Crippen LogP contribution >= 0.6 is 0 Å². The van der Waals surface area contributed by atoms with Gasteiger partial charge in [0.2, 0.25) is 11.8 Å². The van der Waals surface area contributed by atoms with E-state index in [1.807, 2.05) is 65.8 Å². The molecule has 4 heteroatoms. The monoisotopic (exact) mass is 318 g/mol. The van der Waals surface area contributed by atoms with Crippen LogP contribution in [-0.2, 0) is 22.7 Å². The Labute approximate surface area is 140 Å². The minimum absolute atomic E-state index is 0.0286. The number of carbonyl (C=O) groups excluding carboxylic acids is 2. The number of carbonyl (C=O) groups is 2. The molecule has 0 radical (unpaired) electrons. The van der Waals surface area contributed by atoms with Gasteiger partial charge in [0.1, 0.15) is 0 Å². The normalized spacial score (nSPS) is 11.9. The average Bonchev–Trinajstić information content (AvgIpc) is 2.49. The van der Waals surface area contributed by atoms with Crippen molar-refractivity contribution in [3.05, 3.63) is 35.4 Å². The van der Waals surface area contributed by atoms with Crippen molar-refractivity contribution in [2.45, 2.75) is 61.1 Å². The Morgan fingerprint density at radius 2 is 1.39 bits per heavy atom. The summed E-state index contributed by atoms with van der Waals surface area (Å²) in [4.78, 5) is 24.0. The molecule has 1 aromatic carbocycles. The molecule has 0 heterocycles. The number of benzene rings is 1. The number of rotatable bonds is 6. The first-order chi connectivity index (χ1) is 10.6. The smallest absolute Gasteiger partial charge is 0.225 e. The summed E-state index contributed by atoms with van der Waals surface area (Å²) >= 11 is 0. The van der Waals surface area contributed by atoms with Crippen molar-refractivity contribution in [2.24, 2.45) is 10.8 Å². The molecular weight excluding hydrogens is 288 g/mol. The van der Waals surface area contributed by atoms with Gasteiger partial charge in [-0.1, -0.05) is 65.8 Å². The second kappa shape index (κ2) is 7.62. The second-order valence-electron chi connectivity index (χ2n) is 7.67. The van der Waals surface area contributed by atoms with E-state index in [9.17, 15) is 9.59 Å². The Hall–Kier alpha value is -1.84. The molecule has 0 saturated heterocycles. The molecule has 2 amide bonds. The summed E-state index contributed by atoms with van der Waals surface area (Å²) in [5.74, 6) is 0.0901. The van der Waals surface area contributed by atoms with E-state index in [1.165, 1.54) is 0 Å². The van der Waals surface area contributed by atoms with Crippen molar-refractivity contribution in [2.75, 3.05) is 0 Å². The predicted octanol–water partition coefficient (Wildman–Crippen LogP) is 3.40. The Bertz CT molecular complexity index is 557. The van der Waals surface area contributed by atoms with Crippen molar-refractivity contribution < 1.29 is 9.59 Å². The minimum atomic E-state index is -0.392. The lowest BCUT2D eigenvalue weighted by Crippen LogP contribution is -2.36. The van der Waals surface area contributed by atoms with Crippen LogP contribution in [0.15, 0.2) is 24.3 Å². The van der Waals surface area contributed by atoms with E-state index in [-0.39, 0.29) is 17.2 Å². The minimum Gasteiger partial charge on any atom is -0.352 e. The lowest BCUT2D eigenvalue weighted by atomic mass is 9.89. The zero-order valence-corrected chi connectivity index (χ0v) is 15.2. The molecule has 0 bridgehead atoms. The van der Waals surface area contributed by atoms with E-state index in [1.54, 1.807) is 0 Å². The summed E-state index contributed by atoms with van der Waals surface area (Å²) in [5.41, 5.74) is 1.33. The Balaban J connectivity index is 2.61. The van der Waals surface area contributed by atoms with Crippen LogP contribution in [0.5, 0.6) is 0 Å². The maximum absolute atomic E-state index is 12.1. The van der Waals surface area contributed by atoms with E-state index < -0.39 is 5.41 Å². The number of amides is 2. The van der Waals surface area contributed by atoms with Crippen LogP contribution < -0.4 is 10.6 Å². The molecule has 1 aromatic rings. The maximum atomic E-state index is 12.1. The van der Waals surface area contributed by atoms with Gasteiger partial charge in [0.05, 0.1) is 0 Å². The van der Waals surface area contributed by atoms with Crippen molar-refractivity contribution >= 4 is 11.8 Å². The van der Waals surface area contributed by atoms with E-state index >= 15 is 0 Å². The molecule has 0 aliphatic rings. The predicted molar refractivity (Wildman–Crippen MR) is 93.7 cm³/mol. The Morgan fingerprint density at radius 1 is 0.913 bits per heavy atom. The molecule has 0 aliphatic carbocycles. The van der Waals surface area contributed by atoms with Crippen LogP contribution in [0, 0.1) is 10.8 Å². The molecule has 0 unspecified atom stereocenters. The number of nitrogens with one attached hydrogen (secondary N) is 2. The summed E-state index contributed by atoms with van der Waals surface area (Å²) in [7, 11) is 0. The molecule has 0 spiro atoms. The summed E-state index contributed by atoms with van der Waals surface area (Å²) in [6.45, 7) is 12.6. The summed E-state index contributed by atoms with van der Waals surface area (Å²) in [6, 6.07) is 7.92. The molecular formula is C19H30N2O2. The molecule has 0 aliphatic heterocycles. The van der Waals surface area contributed by atoms with Gasteiger partial charge in [-0.25, -0.2) is 0 Å². The topological polar surface area (TPSA) is 58.2 Å². The zero-order valence-electron chi connectivity index (χ0n) is 15.2. The highest BCUT2D eigenvalue weighted by Crippen LogP contribution is 2.19. The molecule has 4 nitrogen and oxygen atoms in total. The van der Waals surface area contributed by atoms with Crippen molar-refractivity contribution in [3.8, 4) is 0 Å². The number of hydrogen-bond acceptors (Lipinski definition) is 2. The van der Waals surface area contributed by atoms with Gasteiger partial charge in [-0.3, -0.25) is 9.59 Å². The van der Waals surface area contributed by atoms with Gasteiger partial charge in [0.15, 0.2) is 0 Å². The molecule has 128 valence electrons. The van der Waals surface area contributed by atoms with Gasteiger partial charge < -0.3 is 10.6 Å². The molecule has 0 aromatic heterocycles. The fraction of sp³-hybridized carbons (Fsp3) is 0.579. The molecule has 1 rings (SSSR count). The SMILES string of the molecule is CCC(C)(C)C(=O)NCc1cccc(CNC(=O)C(C)(C)C)c1. The van der Waals surface area contributed by atoms with E-state index in [0.29, 0.717) is 13.1 Å². The highest BCUT2D eigenvalue weighted by atomic mass is 16.2. The molecule has 23 heavy (non-hydrogen) atoms. The molecule has 0 saturated carbocycles. The standard InChI is InChI=1S/C19H30N2O2/c1-7-19(5,6)17(23)21-13-15-10-8-9-14(11-15)12-20-16(22)18(2,3)4/h8-11H,7,12-13H2,1-6H3,(H,20,22)(H,21,23). The lowest BCUT2D eigenvalue weighted by molar-refractivity contribution is -0.130. The third-order valence-corrected chi connectivity index (χ3v) is 4.08. The first kappa shape index (κ1) is 19.2. The van der Waals surface area contributed by atoms with Gasteiger partial charge in [0.25, 0.3) is 0 Å². The first-order valence-corrected chi connectivity index (χ1v) is 8.20. The quantitative estimate of drug-likeness (QED) is 0.844. The van der Waals surface area contributed by atoms with Crippen LogP contribution in [0.3, 0.4) is 0 Å². The highest BCUT2D eigenvalue weighted by molar-refractivity contribution is 5.82. The van der Waals surface area contributed by atoms with Gasteiger partial charge in [-0.15, -0.1) is 0 Å². The van der Waals surface area contributed by atoms with E-state index in [4.69, 9.17) is 0 Å². The van der Waals surface area contributed by atoms with Crippen LogP contribution in [0.1, 0.15) is 59.1 Å². The van der Waals surface area contributed by atoms with Gasteiger partial charge >= 0.3 is 0 Å².